The Labute approximate surface area is 191 Å². The van der Waals surface area contributed by atoms with E-state index >= 15 is 0 Å². The molecule has 0 bridgehead atoms. The summed E-state index contributed by atoms with van der Waals surface area (Å²) in [5, 5.41) is 3.00. The molecule has 0 fully saturated rings. The molecular weight excluding hydrogens is 438 g/mol. The Kier molecular flexibility index (Phi) is 5.86. The van der Waals surface area contributed by atoms with Crippen molar-refractivity contribution in [1.29, 1.82) is 0 Å². The lowest BCUT2D eigenvalue weighted by Crippen LogP contribution is -2.24. The van der Waals surface area contributed by atoms with Crippen molar-refractivity contribution in [2.45, 2.75) is 37.1 Å². The molecule has 2 aromatic heterocycles. The van der Waals surface area contributed by atoms with Crippen molar-refractivity contribution in [3.63, 3.8) is 0 Å². The number of rotatable bonds is 5. The minimum absolute atomic E-state index is 0.00732. The highest BCUT2D eigenvalue weighted by Gasteiger charge is 2.24. The number of pyridine rings is 2. The largest absolute Gasteiger partial charge is 0.324 e. The number of fused-ring (bicyclic) bond motifs is 1. The van der Waals surface area contributed by atoms with Gasteiger partial charge in [-0.2, -0.15) is 0 Å². The van der Waals surface area contributed by atoms with Crippen molar-refractivity contribution >= 4 is 32.5 Å². The molecule has 0 unspecified atom stereocenters. The maximum absolute atomic E-state index is 13.2. The molecule has 168 valence electrons. The van der Waals surface area contributed by atoms with Gasteiger partial charge < -0.3 is 9.88 Å². The van der Waals surface area contributed by atoms with Crippen LogP contribution in [0.4, 0.5) is 5.69 Å². The van der Waals surface area contributed by atoms with Gasteiger partial charge in [0.25, 0.3) is 0 Å². The van der Waals surface area contributed by atoms with E-state index in [4.69, 9.17) is 0 Å². The standard InChI is InChI=1S/C25H23N3O4S/c1-16-8-7-11-21(18(16)3)27-23(29)15-28-14-22(33(31,32)19-9-5-4-6-10-19)24(30)20-13-12-17(2)26-25(20)28/h4-14H,15H2,1-3H3,(H,27,29). The number of nitrogens with one attached hydrogen (secondary N) is 1. The van der Waals surface area contributed by atoms with Crippen LogP contribution < -0.4 is 10.7 Å². The number of aromatic nitrogens is 2. The lowest BCUT2D eigenvalue weighted by molar-refractivity contribution is -0.116. The van der Waals surface area contributed by atoms with E-state index in [9.17, 15) is 18.0 Å². The summed E-state index contributed by atoms with van der Waals surface area (Å²) in [6.07, 6.45) is 1.21. The highest BCUT2D eigenvalue weighted by molar-refractivity contribution is 7.91. The molecule has 0 saturated carbocycles. The predicted molar refractivity (Wildman–Crippen MR) is 127 cm³/mol. The molecule has 8 heteroatoms. The van der Waals surface area contributed by atoms with E-state index in [0.717, 1.165) is 11.1 Å². The summed E-state index contributed by atoms with van der Waals surface area (Å²) in [5.41, 5.74) is 2.90. The third-order valence-electron chi connectivity index (χ3n) is 5.56. The number of carbonyl (C=O) groups excluding carboxylic acids is 1. The van der Waals surface area contributed by atoms with Crippen molar-refractivity contribution < 1.29 is 13.2 Å². The van der Waals surface area contributed by atoms with Crippen LogP contribution in [0.5, 0.6) is 0 Å². The van der Waals surface area contributed by atoms with Crippen molar-refractivity contribution in [1.82, 2.24) is 9.55 Å². The fourth-order valence-corrected chi connectivity index (χ4v) is 4.99. The van der Waals surface area contributed by atoms with Crippen LogP contribution in [0.1, 0.15) is 16.8 Å². The molecule has 0 saturated heterocycles. The Morgan fingerprint density at radius 1 is 0.970 bits per heavy atom. The molecule has 33 heavy (non-hydrogen) atoms. The van der Waals surface area contributed by atoms with Crippen molar-refractivity contribution in [2.75, 3.05) is 5.32 Å². The van der Waals surface area contributed by atoms with Crippen LogP contribution in [-0.2, 0) is 21.2 Å². The monoisotopic (exact) mass is 461 g/mol. The first-order valence-electron chi connectivity index (χ1n) is 10.4. The summed E-state index contributed by atoms with van der Waals surface area (Å²) >= 11 is 0. The summed E-state index contributed by atoms with van der Waals surface area (Å²) in [6, 6.07) is 16.5. The number of benzene rings is 2. The first-order valence-corrected chi connectivity index (χ1v) is 11.8. The Hall–Kier alpha value is -3.78. The third kappa shape index (κ3) is 4.29. The van der Waals surface area contributed by atoms with Crippen LogP contribution in [0.25, 0.3) is 11.0 Å². The van der Waals surface area contributed by atoms with Gasteiger partial charge in [0, 0.05) is 17.6 Å². The van der Waals surface area contributed by atoms with Crippen molar-refractivity contribution in [2.24, 2.45) is 0 Å². The van der Waals surface area contributed by atoms with Crippen LogP contribution in [0.15, 0.2) is 81.4 Å². The minimum Gasteiger partial charge on any atom is -0.324 e. The number of amides is 1. The molecule has 0 aliphatic rings. The second-order valence-electron chi connectivity index (χ2n) is 7.89. The van der Waals surface area contributed by atoms with Gasteiger partial charge in [-0.25, -0.2) is 13.4 Å². The van der Waals surface area contributed by atoms with Crippen LogP contribution in [0.2, 0.25) is 0 Å². The molecule has 0 aliphatic heterocycles. The number of nitrogens with zero attached hydrogens (tertiary/aromatic N) is 2. The number of hydrogen-bond donors (Lipinski definition) is 1. The average Bonchev–Trinajstić information content (AvgIpc) is 2.79. The van der Waals surface area contributed by atoms with E-state index in [1.807, 2.05) is 26.0 Å². The topological polar surface area (TPSA) is 98.1 Å². The summed E-state index contributed by atoms with van der Waals surface area (Å²) in [7, 11) is -4.09. The highest BCUT2D eigenvalue weighted by Crippen LogP contribution is 2.22. The van der Waals surface area contributed by atoms with Gasteiger partial charge in [0.1, 0.15) is 17.1 Å². The van der Waals surface area contributed by atoms with Crippen LogP contribution >= 0.6 is 0 Å². The molecule has 4 rings (SSSR count). The zero-order chi connectivity index (χ0) is 23.8. The van der Waals surface area contributed by atoms with E-state index in [1.165, 1.54) is 22.9 Å². The van der Waals surface area contributed by atoms with Gasteiger partial charge in [-0.1, -0.05) is 30.3 Å². The van der Waals surface area contributed by atoms with Gasteiger partial charge in [-0.15, -0.1) is 0 Å². The summed E-state index contributed by atoms with van der Waals surface area (Å²) in [4.78, 5) is 30.1. The van der Waals surface area contributed by atoms with Crippen molar-refractivity contribution in [3.05, 3.63) is 93.9 Å². The number of anilines is 1. The first kappa shape index (κ1) is 22.4. The van der Waals surface area contributed by atoms with Gasteiger partial charge in [0.05, 0.1) is 10.3 Å². The smallest absolute Gasteiger partial charge is 0.244 e. The van der Waals surface area contributed by atoms with Gasteiger partial charge in [-0.05, 0) is 62.2 Å². The number of carbonyl (C=O) groups is 1. The molecule has 7 nitrogen and oxygen atoms in total. The predicted octanol–water partition coefficient (Wildman–Crippen LogP) is 3.79. The molecule has 0 atom stereocenters. The maximum atomic E-state index is 13.2. The molecule has 0 spiro atoms. The highest BCUT2D eigenvalue weighted by atomic mass is 32.2. The maximum Gasteiger partial charge on any atom is 0.244 e. The van der Waals surface area contributed by atoms with E-state index in [0.29, 0.717) is 11.4 Å². The normalized spacial score (nSPS) is 11.5. The first-order chi connectivity index (χ1) is 15.7. The third-order valence-corrected chi connectivity index (χ3v) is 7.33. The van der Waals surface area contributed by atoms with E-state index < -0.39 is 20.2 Å². The Bertz CT molecular complexity index is 1540. The zero-order valence-electron chi connectivity index (χ0n) is 18.5. The molecule has 0 aliphatic carbocycles. The second kappa shape index (κ2) is 8.63. The van der Waals surface area contributed by atoms with Gasteiger partial charge >= 0.3 is 0 Å². The molecule has 1 N–H and O–H groups in total. The molecule has 4 aromatic rings. The lowest BCUT2D eigenvalue weighted by Gasteiger charge is -2.15. The molecule has 2 heterocycles. The summed E-state index contributed by atoms with van der Waals surface area (Å²) in [5.74, 6) is -0.361. The van der Waals surface area contributed by atoms with Gasteiger partial charge in [0.15, 0.2) is 0 Å². The summed E-state index contributed by atoms with van der Waals surface area (Å²) < 4.78 is 27.9. The summed E-state index contributed by atoms with van der Waals surface area (Å²) in [6.45, 7) is 5.42. The van der Waals surface area contributed by atoms with Crippen molar-refractivity contribution in [3.8, 4) is 0 Å². The van der Waals surface area contributed by atoms with E-state index in [-0.39, 0.29) is 28.4 Å². The second-order valence-corrected chi connectivity index (χ2v) is 9.80. The number of sulfone groups is 1. The van der Waals surface area contributed by atoms with Crippen LogP contribution in [0.3, 0.4) is 0 Å². The fraction of sp³-hybridized carbons (Fsp3) is 0.160. The lowest BCUT2D eigenvalue weighted by atomic mass is 10.1. The number of hydrogen-bond acceptors (Lipinski definition) is 5. The Morgan fingerprint density at radius 3 is 2.42 bits per heavy atom. The quantitative estimate of drug-likeness (QED) is 0.488. The van der Waals surface area contributed by atoms with Gasteiger partial charge in [-0.3, -0.25) is 9.59 Å². The number of aryl methyl sites for hydroxylation is 2. The van der Waals surface area contributed by atoms with Crippen LogP contribution in [0, 0.1) is 20.8 Å². The van der Waals surface area contributed by atoms with E-state index in [2.05, 4.69) is 10.3 Å². The SMILES string of the molecule is Cc1ccc2c(=O)c(S(=O)(=O)c3ccccc3)cn(CC(=O)Nc3cccc(C)c3C)c2n1. The molecule has 0 radical (unpaired) electrons. The zero-order valence-corrected chi connectivity index (χ0v) is 19.3. The van der Waals surface area contributed by atoms with Gasteiger partial charge in [0.2, 0.25) is 21.2 Å². The minimum atomic E-state index is -4.09. The average molecular weight is 462 g/mol. The fourth-order valence-electron chi connectivity index (χ4n) is 3.60. The Balaban J connectivity index is 1.83. The molecular formula is C25H23N3O4S. The molecule has 2 aromatic carbocycles. The Morgan fingerprint density at radius 2 is 1.70 bits per heavy atom. The van der Waals surface area contributed by atoms with Crippen LogP contribution in [-0.4, -0.2) is 23.9 Å². The molecule has 1 amide bonds. The van der Waals surface area contributed by atoms with E-state index in [1.54, 1.807) is 43.3 Å².